The predicted molar refractivity (Wildman–Crippen MR) is 104 cm³/mol. The molecule has 1 heterocycles. The summed E-state index contributed by atoms with van der Waals surface area (Å²) in [6, 6.07) is 11.4. The van der Waals surface area contributed by atoms with Crippen LogP contribution in [0.1, 0.15) is 12.8 Å². The zero-order valence-corrected chi connectivity index (χ0v) is 15.2. The van der Waals surface area contributed by atoms with Gasteiger partial charge < -0.3 is 15.1 Å². The van der Waals surface area contributed by atoms with Gasteiger partial charge in [0.1, 0.15) is 11.3 Å². The van der Waals surface area contributed by atoms with Crippen LogP contribution in [0.2, 0.25) is 0 Å². The van der Waals surface area contributed by atoms with E-state index in [1.807, 2.05) is 0 Å². The third-order valence-electron chi connectivity index (χ3n) is 3.54. The number of thiocarbonyl (C=S) groups is 1. The van der Waals surface area contributed by atoms with Gasteiger partial charge in [0.2, 0.25) is 11.8 Å². The molecule has 5 nitrogen and oxygen atoms in total. The lowest BCUT2D eigenvalue weighted by molar-refractivity contribution is -0.119. The second-order valence-corrected chi connectivity index (χ2v) is 6.26. The van der Waals surface area contributed by atoms with E-state index in [1.54, 1.807) is 36.4 Å². The molecule has 26 heavy (non-hydrogen) atoms. The summed E-state index contributed by atoms with van der Waals surface area (Å²) in [5.74, 6) is 0.0128. The number of rotatable bonds is 5. The molecular weight excluding hydrogens is 377 g/mol. The van der Waals surface area contributed by atoms with Gasteiger partial charge in [-0.1, -0.05) is 12.1 Å². The normalized spacial score (nSPS) is 10.7. The molecule has 0 unspecified atom stereocenters. The van der Waals surface area contributed by atoms with E-state index in [1.165, 1.54) is 6.07 Å². The fraction of sp³-hybridized carbons (Fsp3) is 0.167. The lowest BCUT2D eigenvalue weighted by atomic mass is 10.2. The highest BCUT2D eigenvalue weighted by Gasteiger charge is 2.13. The van der Waals surface area contributed by atoms with Gasteiger partial charge in [-0.15, -0.1) is 11.6 Å². The van der Waals surface area contributed by atoms with E-state index in [-0.39, 0.29) is 16.9 Å². The Kier molecular flexibility index (Phi) is 5.80. The molecule has 0 fully saturated rings. The van der Waals surface area contributed by atoms with Gasteiger partial charge in [-0.3, -0.25) is 4.79 Å². The van der Waals surface area contributed by atoms with Crippen LogP contribution in [-0.2, 0) is 4.79 Å². The van der Waals surface area contributed by atoms with Crippen molar-refractivity contribution in [3.8, 4) is 11.5 Å². The van der Waals surface area contributed by atoms with E-state index >= 15 is 0 Å². The van der Waals surface area contributed by atoms with Gasteiger partial charge in [0.05, 0.1) is 5.56 Å². The number of hydrogen-bond donors (Lipinski definition) is 2. The summed E-state index contributed by atoms with van der Waals surface area (Å²) in [6.07, 6.45) is 0.888. The van der Waals surface area contributed by atoms with Crippen LogP contribution < -0.4 is 10.6 Å². The maximum atomic E-state index is 13.9. The quantitative estimate of drug-likeness (QED) is 0.496. The molecular formula is C18H15ClFN3O2S. The Morgan fingerprint density at radius 3 is 2.85 bits per heavy atom. The van der Waals surface area contributed by atoms with Gasteiger partial charge in [0.25, 0.3) is 0 Å². The molecule has 0 spiro atoms. The van der Waals surface area contributed by atoms with Gasteiger partial charge >= 0.3 is 0 Å². The zero-order valence-electron chi connectivity index (χ0n) is 13.6. The average molecular weight is 392 g/mol. The number of alkyl halides is 1. The molecule has 3 rings (SSSR count). The van der Waals surface area contributed by atoms with Crippen LogP contribution >= 0.6 is 23.8 Å². The Labute approximate surface area is 159 Å². The molecule has 0 aliphatic heterocycles. The number of anilines is 1. The molecule has 2 aromatic carbocycles. The van der Waals surface area contributed by atoms with Gasteiger partial charge in [-0.2, -0.15) is 0 Å². The van der Waals surface area contributed by atoms with Crippen molar-refractivity contribution >= 4 is 51.6 Å². The summed E-state index contributed by atoms with van der Waals surface area (Å²) in [7, 11) is 0. The number of carbonyl (C=O) groups is 1. The van der Waals surface area contributed by atoms with Crippen LogP contribution in [0, 0.1) is 5.82 Å². The highest BCUT2D eigenvalue weighted by Crippen LogP contribution is 2.27. The van der Waals surface area contributed by atoms with Gasteiger partial charge in [0, 0.05) is 18.0 Å². The van der Waals surface area contributed by atoms with Crippen molar-refractivity contribution in [3.63, 3.8) is 0 Å². The van der Waals surface area contributed by atoms with Crippen LogP contribution in [0.25, 0.3) is 22.6 Å². The van der Waals surface area contributed by atoms with Crippen molar-refractivity contribution in [2.24, 2.45) is 0 Å². The number of nitrogens with one attached hydrogen (secondary N) is 2. The molecule has 0 aliphatic carbocycles. The van der Waals surface area contributed by atoms with Gasteiger partial charge in [0.15, 0.2) is 10.7 Å². The molecule has 134 valence electrons. The number of benzene rings is 2. The molecule has 0 atom stereocenters. The van der Waals surface area contributed by atoms with Crippen molar-refractivity contribution in [3.05, 3.63) is 48.3 Å². The summed E-state index contributed by atoms with van der Waals surface area (Å²) in [5, 5.41) is 5.67. The standard InChI is InChI=1S/C18H15ClFN3O2S/c19-9-3-6-16(24)23-18(26)21-11-7-8-15-14(10-11)22-17(25-15)12-4-1-2-5-13(12)20/h1-2,4-5,7-8,10H,3,6,9H2,(H2,21,23,24,26). The fourth-order valence-electron chi connectivity index (χ4n) is 2.33. The van der Waals surface area contributed by atoms with Gasteiger partial charge in [-0.05, 0) is 49.0 Å². The monoisotopic (exact) mass is 391 g/mol. The van der Waals surface area contributed by atoms with E-state index < -0.39 is 5.82 Å². The topological polar surface area (TPSA) is 67.2 Å². The lowest BCUT2D eigenvalue weighted by Gasteiger charge is -2.08. The summed E-state index contributed by atoms with van der Waals surface area (Å²) in [5.41, 5.74) is 1.99. The fourth-order valence-corrected chi connectivity index (χ4v) is 2.70. The number of hydrogen-bond acceptors (Lipinski definition) is 4. The minimum Gasteiger partial charge on any atom is -0.436 e. The van der Waals surface area contributed by atoms with Crippen LogP contribution in [0.3, 0.4) is 0 Å². The van der Waals surface area contributed by atoms with E-state index in [0.717, 1.165) is 0 Å². The van der Waals surface area contributed by atoms with E-state index in [9.17, 15) is 9.18 Å². The number of carbonyl (C=O) groups excluding carboxylic acids is 1. The van der Waals surface area contributed by atoms with Crippen molar-refractivity contribution in [2.45, 2.75) is 12.8 Å². The SMILES string of the molecule is O=C(CCCCl)NC(=S)Nc1ccc2oc(-c3ccccc3F)nc2c1. The molecule has 2 N–H and O–H groups in total. The molecule has 0 bridgehead atoms. The number of halogens is 2. The summed E-state index contributed by atoms with van der Waals surface area (Å²) in [6.45, 7) is 0. The number of aromatic nitrogens is 1. The first-order chi connectivity index (χ1) is 12.6. The first-order valence-electron chi connectivity index (χ1n) is 7.89. The second-order valence-electron chi connectivity index (χ2n) is 5.48. The van der Waals surface area contributed by atoms with E-state index in [0.29, 0.717) is 41.1 Å². The third-order valence-corrected chi connectivity index (χ3v) is 4.01. The zero-order chi connectivity index (χ0) is 18.5. The van der Waals surface area contributed by atoms with Crippen molar-refractivity contribution in [2.75, 3.05) is 11.2 Å². The molecule has 8 heteroatoms. The van der Waals surface area contributed by atoms with Crippen LogP contribution in [-0.4, -0.2) is 21.9 Å². The van der Waals surface area contributed by atoms with E-state index in [4.69, 9.17) is 28.2 Å². The largest absolute Gasteiger partial charge is 0.436 e. The molecule has 3 aromatic rings. The Morgan fingerprint density at radius 1 is 1.27 bits per heavy atom. The number of fused-ring (bicyclic) bond motifs is 1. The minimum atomic E-state index is -0.404. The van der Waals surface area contributed by atoms with E-state index in [2.05, 4.69) is 15.6 Å². The van der Waals surface area contributed by atoms with Crippen LogP contribution in [0.5, 0.6) is 0 Å². The van der Waals surface area contributed by atoms with Crippen LogP contribution in [0.15, 0.2) is 46.9 Å². The lowest BCUT2D eigenvalue weighted by Crippen LogP contribution is -2.33. The van der Waals surface area contributed by atoms with Gasteiger partial charge in [-0.25, -0.2) is 9.37 Å². The Morgan fingerprint density at radius 2 is 2.08 bits per heavy atom. The number of nitrogens with zero attached hydrogens (tertiary/aromatic N) is 1. The van der Waals surface area contributed by atoms with Crippen molar-refractivity contribution < 1.29 is 13.6 Å². The minimum absolute atomic E-state index is 0.182. The Bertz CT molecular complexity index is 961. The Hall–Kier alpha value is -2.51. The smallest absolute Gasteiger partial charge is 0.230 e. The molecule has 1 aromatic heterocycles. The maximum absolute atomic E-state index is 13.9. The predicted octanol–water partition coefficient (Wildman–Crippen LogP) is 4.47. The molecule has 1 amide bonds. The highest BCUT2D eigenvalue weighted by atomic mass is 35.5. The third kappa shape index (κ3) is 4.36. The molecule has 0 radical (unpaired) electrons. The molecule has 0 saturated carbocycles. The Balaban J connectivity index is 1.74. The molecule has 0 saturated heterocycles. The average Bonchev–Trinajstić information content (AvgIpc) is 3.03. The first kappa shape index (κ1) is 18.3. The van der Waals surface area contributed by atoms with Crippen LogP contribution in [0.4, 0.5) is 10.1 Å². The van der Waals surface area contributed by atoms with Crippen molar-refractivity contribution in [1.82, 2.24) is 10.3 Å². The number of amides is 1. The highest BCUT2D eigenvalue weighted by molar-refractivity contribution is 7.80. The summed E-state index contributed by atoms with van der Waals surface area (Å²) < 4.78 is 19.5. The molecule has 0 aliphatic rings. The van der Waals surface area contributed by atoms with Crippen molar-refractivity contribution in [1.29, 1.82) is 0 Å². The summed E-state index contributed by atoms with van der Waals surface area (Å²) >= 11 is 10.7. The second kappa shape index (κ2) is 8.25. The summed E-state index contributed by atoms with van der Waals surface area (Å²) in [4.78, 5) is 16.0. The number of oxazole rings is 1. The first-order valence-corrected chi connectivity index (χ1v) is 8.83. The maximum Gasteiger partial charge on any atom is 0.230 e.